The highest BCUT2D eigenvalue weighted by Crippen LogP contribution is 2.27. The largest absolute Gasteiger partial charge is 0.337 e. The number of allylic oxidation sites excluding steroid dienone is 1. The molecule has 1 fully saturated rings. The molecule has 1 amide bonds. The van der Waals surface area contributed by atoms with E-state index in [1.807, 2.05) is 27.4 Å². The number of fused-ring (bicyclic) bond motifs is 1. The molecule has 2 heterocycles. The molecule has 1 aromatic heterocycles. The molecule has 1 aliphatic carbocycles. The van der Waals surface area contributed by atoms with Gasteiger partial charge in [-0.1, -0.05) is 6.08 Å². The lowest BCUT2D eigenvalue weighted by atomic mass is 9.91. The highest BCUT2D eigenvalue weighted by molar-refractivity contribution is 7.98. The zero-order valence-corrected chi connectivity index (χ0v) is 16.8. The Morgan fingerprint density at radius 3 is 2.92 bits per heavy atom. The summed E-state index contributed by atoms with van der Waals surface area (Å²) in [5.41, 5.74) is 3.11. The van der Waals surface area contributed by atoms with Crippen LogP contribution in [0.15, 0.2) is 12.7 Å². The van der Waals surface area contributed by atoms with E-state index in [9.17, 15) is 4.79 Å². The summed E-state index contributed by atoms with van der Waals surface area (Å²) in [6, 6.07) is 0.457. The van der Waals surface area contributed by atoms with Crippen molar-refractivity contribution in [2.75, 3.05) is 31.6 Å². The van der Waals surface area contributed by atoms with Crippen LogP contribution in [0.3, 0.4) is 0 Å². The Morgan fingerprint density at radius 2 is 2.19 bits per heavy atom. The van der Waals surface area contributed by atoms with Crippen molar-refractivity contribution in [3.05, 3.63) is 29.6 Å². The number of aromatic nitrogens is 2. The first kappa shape index (κ1) is 19.5. The van der Waals surface area contributed by atoms with Crippen molar-refractivity contribution in [3.8, 4) is 0 Å². The molecule has 0 spiro atoms. The number of nitrogens with one attached hydrogen (secondary N) is 1. The molecule has 1 aliphatic heterocycles. The van der Waals surface area contributed by atoms with Crippen LogP contribution in [0.5, 0.6) is 0 Å². The number of thioether (sulfide) groups is 1. The van der Waals surface area contributed by atoms with E-state index in [1.165, 1.54) is 29.9 Å². The molecule has 1 atom stereocenters. The average molecular weight is 377 g/mol. The molecule has 6 heteroatoms. The van der Waals surface area contributed by atoms with Gasteiger partial charge in [0.2, 0.25) is 0 Å². The number of amides is 1. The van der Waals surface area contributed by atoms with E-state index in [2.05, 4.69) is 18.2 Å². The van der Waals surface area contributed by atoms with Crippen LogP contribution in [0.1, 0.15) is 53.8 Å². The number of carbonyl (C=O) groups is 1. The normalized spacial score (nSPS) is 20.0. The second-order valence-electron chi connectivity index (χ2n) is 7.34. The minimum atomic E-state index is 0.131. The Kier molecular flexibility index (Phi) is 7.20. The van der Waals surface area contributed by atoms with Crippen molar-refractivity contribution < 1.29 is 4.79 Å². The molecule has 26 heavy (non-hydrogen) atoms. The Balaban J connectivity index is 1.75. The fourth-order valence-corrected chi connectivity index (χ4v) is 4.51. The van der Waals surface area contributed by atoms with E-state index in [0.29, 0.717) is 18.3 Å². The van der Waals surface area contributed by atoms with Gasteiger partial charge in [-0.25, -0.2) is 0 Å². The summed E-state index contributed by atoms with van der Waals surface area (Å²) in [6.07, 6.45) is 11.7. The smallest absolute Gasteiger partial charge is 0.274 e. The summed E-state index contributed by atoms with van der Waals surface area (Å²) < 4.78 is 2.00. The van der Waals surface area contributed by atoms with Crippen LogP contribution in [-0.2, 0) is 19.4 Å². The van der Waals surface area contributed by atoms with Crippen molar-refractivity contribution in [1.82, 2.24) is 20.0 Å². The quantitative estimate of drug-likeness (QED) is 0.560. The first-order chi connectivity index (χ1) is 12.7. The third-order valence-corrected chi connectivity index (χ3v) is 6.15. The standard InChI is InChI=1S/C20H32N4OS/c1-3-11-24-18-9-8-16(21-10-7-14-26-2)15-17(18)19(22-24)20(25)23-12-5-4-6-13-23/h3,16,21H,1,4-15H2,2H3. The average Bonchev–Trinajstić information content (AvgIpc) is 3.03. The second-order valence-corrected chi connectivity index (χ2v) is 8.32. The van der Waals surface area contributed by atoms with Crippen LogP contribution in [-0.4, -0.2) is 58.3 Å². The second kappa shape index (κ2) is 9.60. The summed E-state index contributed by atoms with van der Waals surface area (Å²) in [4.78, 5) is 15.1. The predicted molar refractivity (Wildman–Crippen MR) is 109 cm³/mol. The minimum Gasteiger partial charge on any atom is -0.337 e. The molecule has 0 saturated carbocycles. The lowest BCUT2D eigenvalue weighted by molar-refractivity contribution is 0.0716. The zero-order valence-electron chi connectivity index (χ0n) is 16.0. The molecule has 5 nitrogen and oxygen atoms in total. The molecular formula is C20H32N4OS. The van der Waals surface area contributed by atoms with Gasteiger partial charge in [-0.2, -0.15) is 16.9 Å². The molecule has 2 aliphatic rings. The number of hydrogen-bond acceptors (Lipinski definition) is 4. The van der Waals surface area contributed by atoms with Gasteiger partial charge in [0.05, 0.1) is 6.54 Å². The molecule has 1 aromatic rings. The summed E-state index contributed by atoms with van der Waals surface area (Å²) in [6.45, 7) is 7.33. The van der Waals surface area contributed by atoms with Crippen molar-refractivity contribution >= 4 is 17.7 Å². The van der Waals surface area contributed by atoms with E-state index in [0.717, 1.165) is 51.7 Å². The van der Waals surface area contributed by atoms with Crippen LogP contribution in [0.4, 0.5) is 0 Å². The summed E-state index contributed by atoms with van der Waals surface area (Å²) >= 11 is 1.89. The van der Waals surface area contributed by atoms with Gasteiger partial charge in [0, 0.05) is 30.4 Å². The number of nitrogens with zero attached hydrogens (tertiary/aromatic N) is 3. The molecule has 0 aromatic carbocycles. The molecule has 3 rings (SSSR count). The van der Waals surface area contributed by atoms with Crippen molar-refractivity contribution in [3.63, 3.8) is 0 Å². The van der Waals surface area contributed by atoms with Gasteiger partial charge >= 0.3 is 0 Å². The zero-order chi connectivity index (χ0) is 18.4. The van der Waals surface area contributed by atoms with Crippen molar-refractivity contribution in [2.24, 2.45) is 0 Å². The molecule has 1 saturated heterocycles. The first-order valence-electron chi connectivity index (χ1n) is 9.95. The van der Waals surface area contributed by atoms with E-state index < -0.39 is 0 Å². The van der Waals surface area contributed by atoms with Crippen molar-refractivity contribution in [1.29, 1.82) is 0 Å². The van der Waals surface area contributed by atoms with Crippen LogP contribution >= 0.6 is 11.8 Å². The van der Waals surface area contributed by atoms with Crippen LogP contribution in [0.25, 0.3) is 0 Å². The van der Waals surface area contributed by atoms with Gasteiger partial charge in [0.1, 0.15) is 0 Å². The lowest BCUT2D eigenvalue weighted by Crippen LogP contribution is -2.38. The summed E-state index contributed by atoms with van der Waals surface area (Å²) in [5, 5.41) is 8.41. The molecule has 0 bridgehead atoms. The third-order valence-electron chi connectivity index (χ3n) is 5.45. The van der Waals surface area contributed by atoms with Gasteiger partial charge in [0.25, 0.3) is 5.91 Å². The predicted octanol–water partition coefficient (Wildman–Crippen LogP) is 2.90. The third kappa shape index (κ3) is 4.52. The maximum atomic E-state index is 13.1. The molecule has 144 valence electrons. The Labute approximate surface area is 161 Å². The maximum absolute atomic E-state index is 13.1. The number of piperidine rings is 1. The monoisotopic (exact) mass is 376 g/mol. The topological polar surface area (TPSA) is 50.2 Å². The number of likely N-dealkylation sites (tertiary alicyclic amines) is 1. The Morgan fingerprint density at radius 1 is 1.38 bits per heavy atom. The van der Waals surface area contributed by atoms with E-state index in [1.54, 1.807) is 0 Å². The fraction of sp³-hybridized carbons (Fsp3) is 0.700. The van der Waals surface area contributed by atoms with Gasteiger partial charge in [-0.05, 0) is 63.5 Å². The highest BCUT2D eigenvalue weighted by Gasteiger charge is 2.31. The lowest BCUT2D eigenvalue weighted by Gasteiger charge is -2.27. The SMILES string of the molecule is C=CCn1nc(C(=O)N2CCCCC2)c2c1CCC(NCCCSC)C2. The number of rotatable bonds is 8. The van der Waals surface area contributed by atoms with E-state index in [-0.39, 0.29) is 5.91 Å². The van der Waals surface area contributed by atoms with Gasteiger partial charge in [-0.15, -0.1) is 6.58 Å². The number of hydrogen-bond donors (Lipinski definition) is 1. The minimum absolute atomic E-state index is 0.131. The van der Waals surface area contributed by atoms with E-state index >= 15 is 0 Å². The first-order valence-corrected chi connectivity index (χ1v) is 11.3. The van der Waals surface area contributed by atoms with Crippen LogP contribution in [0.2, 0.25) is 0 Å². The summed E-state index contributed by atoms with van der Waals surface area (Å²) in [7, 11) is 0. The molecule has 0 radical (unpaired) electrons. The molecule has 1 N–H and O–H groups in total. The fourth-order valence-electron chi connectivity index (χ4n) is 4.08. The van der Waals surface area contributed by atoms with Crippen LogP contribution < -0.4 is 5.32 Å². The van der Waals surface area contributed by atoms with Gasteiger partial charge in [-0.3, -0.25) is 9.48 Å². The van der Waals surface area contributed by atoms with Gasteiger partial charge in [0.15, 0.2) is 5.69 Å². The van der Waals surface area contributed by atoms with Crippen molar-refractivity contribution in [2.45, 2.75) is 57.5 Å². The number of carbonyl (C=O) groups excluding carboxylic acids is 1. The van der Waals surface area contributed by atoms with Crippen LogP contribution in [0, 0.1) is 0 Å². The van der Waals surface area contributed by atoms with Gasteiger partial charge < -0.3 is 10.2 Å². The van der Waals surface area contributed by atoms with E-state index in [4.69, 9.17) is 5.10 Å². The highest BCUT2D eigenvalue weighted by atomic mass is 32.2. The molecular weight excluding hydrogens is 344 g/mol. The molecule has 1 unspecified atom stereocenters. The Bertz CT molecular complexity index is 622. The Hall–Kier alpha value is -1.27. The summed E-state index contributed by atoms with van der Waals surface area (Å²) in [5.74, 6) is 1.33. The maximum Gasteiger partial charge on any atom is 0.274 e.